The third-order valence-corrected chi connectivity index (χ3v) is 4.44. The SMILES string of the molecule is CC(C)(O)C1CCc2c([nH]c3c(NC=O)cccc23)C1. The van der Waals surface area contributed by atoms with Gasteiger partial charge in [0, 0.05) is 11.1 Å². The molecule has 0 saturated carbocycles. The molecule has 0 radical (unpaired) electrons. The highest BCUT2D eigenvalue weighted by molar-refractivity contribution is 5.97. The molecule has 1 unspecified atom stereocenters. The summed E-state index contributed by atoms with van der Waals surface area (Å²) in [6, 6.07) is 5.95. The fourth-order valence-corrected chi connectivity index (χ4v) is 3.24. The standard InChI is InChI=1S/C16H20N2O2/c1-16(2,20)10-6-7-11-12-4-3-5-13(17-9-19)15(12)18-14(11)8-10/h3-5,9-10,18,20H,6-8H2,1-2H3,(H,17,19). The van der Waals surface area contributed by atoms with E-state index in [0.717, 1.165) is 30.5 Å². The van der Waals surface area contributed by atoms with Crippen LogP contribution in [0.25, 0.3) is 10.9 Å². The second-order valence-electron chi connectivity index (χ2n) is 6.17. The molecule has 0 spiro atoms. The molecule has 1 amide bonds. The average Bonchev–Trinajstić information content (AvgIpc) is 2.77. The largest absolute Gasteiger partial charge is 0.390 e. The zero-order chi connectivity index (χ0) is 14.3. The molecule has 1 aromatic carbocycles. The Kier molecular flexibility index (Phi) is 3.05. The molecule has 1 atom stereocenters. The number of nitrogens with one attached hydrogen (secondary N) is 2. The fourth-order valence-electron chi connectivity index (χ4n) is 3.24. The van der Waals surface area contributed by atoms with Gasteiger partial charge in [-0.3, -0.25) is 4.79 Å². The van der Waals surface area contributed by atoms with E-state index in [2.05, 4.69) is 16.4 Å². The van der Waals surface area contributed by atoms with Crippen molar-refractivity contribution in [2.24, 2.45) is 5.92 Å². The van der Waals surface area contributed by atoms with Crippen molar-refractivity contribution < 1.29 is 9.90 Å². The summed E-state index contributed by atoms with van der Waals surface area (Å²) in [6.45, 7) is 3.76. The number of hydrogen-bond donors (Lipinski definition) is 3. The number of H-pyrrole nitrogens is 1. The van der Waals surface area contributed by atoms with Gasteiger partial charge >= 0.3 is 0 Å². The summed E-state index contributed by atoms with van der Waals surface area (Å²) >= 11 is 0. The van der Waals surface area contributed by atoms with Crippen LogP contribution in [0.1, 0.15) is 31.5 Å². The number of carbonyl (C=O) groups excluding carboxylic acids is 1. The highest BCUT2D eigenvalue weighted by Gasteiger charge is 2.32. The molecule has 0 bridgehead atoms. The Hall–Kier alpha value is -1.81. The Morgan fingerprint density at radius 1 is 1.45 bits per heavy atom. The number of rotatable bonds is 3. The number of carbonyl (C=O) groups is 1. The number of aromatic nitrogens is 1. The zero-order valence-corrected chi connectivity index (χ0v) is 11.9. The molecule has 20 heavy (non-hydrogen) atoms. The van der Waals surface area contributed by atoms with Crippen LogP contribution in [0.3, 0.4) is 0 Å². The van der Waals surface area contributed by atoms with Crippen molar-refractivity contribution in [2.75, 3.05) is 5.32 Å². The molecule has 0 aliphatic heterocycles. The van der Waals surface area contributed by atoms with Crippen LogP contribution in [-0.4, -0.2) is 22.1 Å². The maximum atomic E-state index is 10.7. The number of para-hydroxylation sites is 1. The fraction of sp³-hybridized carbons (Fsp3) is 0.438. The highest BCUT2D eigenvalue weighted by atomic mass is 16.3. The van der Waals surface area contributed by atoms with Crippen molar-refractivity contribution >= 4 is 23.0 Å². The molecule has 1 aliphatic rings. The molecule has 4 nitrogen and oxygen atoms in total. The van der Waals surface area contributed by atoms with Gasteiger partial charge in [0.2, 0.25) is 6.41 Å². The normalized spacial score (nSPS) is 18.9. The molecule has 3 rings (SSSR count). The van der Waals surface area contributed by atoms with Gasteiger partial charge in [0.25, 0.3) is 0 Å². The van der Waals surface area contributed by atoms with Gasteiger partial charge in [-0.1, -0.05) is 12.1 Å². The maximum Gasteiger partial charge on any atom is 0.211 e. The second-order valence-corrected chi connectivity index (χ2v) is 6.17. The van der Waals surface area contributed by atoms with Crippen molar-refractivity contribution in [3.05, 3.63) is 29.5 Å². The lowest BCUT2D eigenvalue weighted by atomic mass is 9.78. The molecule has 106 valence electrons. The van der Waals surface area contributed by atoms with Crippen molar-refractivity contribution in [3.63, 3.8) is 0 Å². The first-order valence-electron chi connectivity index (χ1n) is 7.05. The van der Waals surface area contributed by atoms with Crippen LogP contribution in [0.2, 0.25) is 0 Å². The third-order valence-electron chi connectivity index (χ3n) is 4.44. The second kappa shape index (κ2) is 4.63. The van der Waals surface area contributed by atoms with E-state index < -0.39 is 5.60 Å². The Morgan fingerprint density at radius 2 is 2.25 bits per heavy atom. The van der Waals surface area contributed by atoms with E-state index in [9.17, 15) is 9.90 Å². The van der Waals surface area contributed by atoms with Crippen LogP contribution in [-0.2, 0) is 17.6 Å². The maximum absolute atomic E-state index is 10.7. The quantitative estimate of drug-likeness (QED) is 0.752. The average molecular weight is 272 g/mol. The molecule has 0 fully saturated rings. The van der Waals surface area contributed by atoms with Crippen molar-refractivity contribution in [1.82, 2.24) is 4.98 Å². The Labute approximate surface area is 118 Å². The highest BCUT2D eigenvalue weighted by Crippen LogP contribution is 2.37. The molecule has 1 aliphatic carbocycles. The smallest absolute Gasteiger partial charge is 0.211 e. The number of fused-ring (bicyclic) bond motifs is 3. The molecular formula is C16H20N2O2. The Morgan fingerprint density at radius 3 is 2.95 bits per heavy atom. The first-order chi connectivity index (χ1) is 9.50. The van der Waals surface area contributed by atoms with Gasteiger partial charge in [0.15, 0.2) is 0 Å². The van der Waals surface area contributed by atoms with E-state index in [1.807, 2.05) is 26.0 Å². The Bertz CT molecular complexity index is 652. The number of anilines is 1. The van der Waals surface area contributed by atoms with Crippen molar-refractivity contribution in [1.29, 1.82) is 0 Å². The number of hydrogen-bond acceptors (Lipinski definition) is 2. The van der Waals surface area contributed by atoms with Gasteiger partial charge in [0.1, 0.15) is 0 Å². The molecule has 0 saturated heterocycles. The van der Waals surface area contributed by atoms with E-state index in [0.29, 0.717) is 6.41 Å². The minimum atomic E-state index is -0.654. The molecule has 1 aromatic heterocycles. The van der Waals surface area contributed by atoms with E-state index >= 15 is 0 Å². The lowest BCUT2D eigenvalue weighted by Crippen LogP contribution is -2.34. The van der Waals surface area contributed by atoms with Crippen LogP contribution < -0.4 is 5.32 Å². The van der Waals surface area contributed by atoms with E-state index in [4.69, 9.17) is 0 Å². The third kappa shape index (κ3) is 2.10. The number of benzene rings is 1. The first kappa shape index (κ1) is 13.2. The first-order valence-corrected chi connectivity index (χ1v) is 7.05. The van der Waals surface area contributed by atoms with Gasteiger partial charge < -0.3 is 15.4 Å². The summed E-state index contributed by atoms with van der Waals surface area (Å²) in [5.41, 5.74) is 3.67. The van der Waals surface area contributed by atoms with Gasteiger partial charge in [-0.2, -0.15) is 0 Å². The van der Waals surface area contributed by atoms with Crippen LogP contribution in [0, 0.1) is 5.92 Å². The van der Waals surface area contributed by atoms with Crippen LogP contribution in [0.5, 0.6) is 0 Å². The van der Waals surface area contributed by atoms with Crippen LogP contribution >= 0.6 is 0 Å². The number of aromatic amines is 1. The van der Waals surface area contributed by atoms with Crippen LogP contribution in [0.15, 0.2) is 18.2 Å². The van der Waals surface area contributed by atoms with Gasteiger partial charge in [-0.25, -0.2) is 0 Å². The topological polar surface area (TPSA) is 65.1 Å². The summed E-state index contributed by atoms with van der Waals surface area (Å²) < 4.78 is 0. The number of aryl methyl sites for hydroxylation is 1. The van der Waals surface area contributed by atoms with Gasteiger partial charge in [0.05, 0.1) is 16.8 Å². The van der Waals surface area contributed by atoms with Gasteiger partial charge in [-0.15, -0.1) is 0 Å². The van der Waals surface area contributed by atoms with Gasteiger partial charge in [-0.05, 0) is 50.7 Å². The minimum Gasteiger partial charge on any atom is -0.390 e. The monoisotopic (exact) mass is 272 g/mol. The zero-order valence-electron chi connectivity index (χ0n) is 11.9. The summed E-state index contributed by atoms with van der Waals surface area (Å²) in [6.07, 6.45) is 3.52. The predicted octanol–water partition coefficient (Wildman–Crippen LogP) is 2.61. The molecule has 4 heteroatoms. The summed E-state index contributed by atoms with van der Waals surface area (Å²) in [4.78, 5) is 14.1. The van der Waals surface area contributed by atoms with Crippen molar-refractivity contribution in [2.45, 2.75) is 38.7 Å². The number of amides is 1. The lowest BCUT2D eigenvalue weighted by molar-refractivity contribution is -0.105. The summed E-state index contributed by atoms with van der Waals surface area (Å²) in [7, 11) is 0. The molecular weight excluding hydrogens is 252 g/mol. The minimum absolute atomic E-state index is 0.269. The van der Waals surface area contributed by atoms with Crippen LogP contribution in [0.4, 0.5) is 5.69 Å². The van der Waals surface area contributed by atoms with E-state index in [-0.39, 0.29) is 5.92 Å². The van der Waals surface area contributed by atoms with Crippen molar-refractivity contribution in [3.8, 4) is 0 Å². The summed E-state index contributed by atoms with van der Waals surface area (Å²) in [5, 5.41) is 14.1. The lowest BCUT2D eigenvalue weighted by Gasteiger charge is -2.32. The number of aliphatic hydroxyl groups is 1. The van der Waals surface area contributed by atoms with E-state index in [1.54, 1.807) is 0 Å². The molecule has 1 heterocycles. The predicted molar refractivity (Wildman–Crippen MR) is 79.8 cm³/mol. The summed E-state index contributed by atoms with van der Waals surface area (Å²) in [5.74, 6) is 0.269. The molecule has 3 N–H and O–H groups in total. The Balaban J connectivity index is 2.06. The molecule has 2 aromatic rings. The van der Waals surface area contributed by atoms with E-state index in [1.165, 1.54) is 16.6 Å².